The zero-order valence-electron chi connectivity index (χ0n) is 18.5. The van der Waals surface area contributed by atoms with Crippen molar-refractivity contribution in [1.82, 2.24) is 40.2 Å². The van der Waals surface area contributed by atoms with Crippen LogP contribution in [0.2, 0.25) is 0 Å². The molecule has 0 fully saturated rings. The average molecular weight is 441 g/mol. The topological polar surface area (TPSA) is 118 Å². The van der Waals surface area contributed by atoms with Crippen molar-refractivity contribution in [3.8, 4) is 22.5 Å². The van der Waals surface area contributed by atoms with Gasteiger partial charge < -0.3 is 0 Å². The van der Waals surface area contributed by atoms with Gasteiger partial charge in [0.2, 0.25) is 5.82 Å². The first-order valence-corrected chi connectivity index (χ1v) is 11.0. The Bertz CT molecular complexity index is 1450. The number of hydrogen-bond donors (Lipinski definition) is 2. The number of aromatic amines is 2. The second-order valence-electron chi connectivity index (χ2n) is 8.03. The monoisotopic (exact) mass is 440 g/mol. The number of rotatable bonds is 7. The summed E-state index contributed by atoms with van der Waals surface area (Å²) in [5, 5.41) is 21.3. The number of hydrogen-bond acceptors (Lipinski definition) is 6. The van der Waals surface area contributed by atoms with Crippen LogP contribution in [-0.2, 0) is 12.8 Å². The molecule has 0 radical (unpaired) electrons. The molecular weight excluding hydrogens is 416 g/mol. The molecule has 0 atom stereocenters. The molecule has 9 heteroatoms. The summed E-state index contributed by atoms with van der Waals surface area (Å²) in [6.45, 7) is 4.01. The molecule has 0 bridgehead atoms. The molecule has 0 amide bonds. The lowest BCUT2D eigenvalue weighted by Gasteiger charge is -2.12. The number of tetrazole rings is 1. The molecule has 0 saturated carbocycles. The maximum atomic E-state index is 12.2. The minimum Gasteiger partial charge on any atom is -0.246 e. The average Bonchev–Trinajstić information content (AvgIpc) is 3.51. The van der Waals surface area contributed by atoms with Gasteiger partial charge in [-0.15, -0.1) is 10.2 Å². The number of nitrogens with zero attached hydrogens (tertiary/aromatic N) is 6. The Morgan fingerprint density at radius 2 is 1.79 bits per heavy atom. The lowest BCUT2D eigenvalue weighted by Crippen LogP contribution is -2.16. The molecular formula is C24H24N8O. The number of H-pyrrole nitrogens is 2. The molecule has 9 nitrogen and oxygen atoms in total. The second kappa shape index (κ2) is 8.78. The van der Waals surface area contributed by atoms with Gasteiger partial charge in [0.1, 0.15) is 5.82 Å². The van der Waals surface area contributed by atoms with Crippen LogP contribution in [0.4, 0.5) is 0 Å². The van der Waals surface area contributed by atoms with Crippen molar-refractivity contribution >= 4 is 5.65 Å². The van der Waals surface area contributed by atoms with E-state index in [9.17, 15) is 4.79 Å². The minimum absolute atomic E-state index is 0.258. The molecule has 2 N–H and O–H groups in total. The maximum absolute atomic E-state index is 12.2. The second-order valence-corrected chi connectivity index (χ2v) is 8.03. The van der Waals surface area contributed by atoms with Crippen LogP contribution >= 0.6 is 0 Å². The highest BCUT2D eigenvalue weighted by Crippen LogP contribution is 2.30. The smallest absolute Gasteiger partial charge is 0.246 e. The number of aromatic nitrogens is 8. The van der Waals surface area contributed by atoms with E-state index in [0.717, 1.165) is 52.8 Å². The van der Waals surface area contributed by atoms with E-state index in [1.807, 2.05) is 31.2 Å². The molecule has 0 unspecified atom stereocenters. The quantitative estimate of drug-likeness (QED) is 0.400. The van der Waals surface area contributed by atoms with E-state index < -0.39 is 0 Å². The van der Waals surface area contributed by atoms with Gasteiger partial charge in [0, 0.05) is 23.2 Å². The van der Waals surface area contributed by atoms with Crippen molar-refractivity contribution in [2.24, 2.45) is 0 Å². The zero-order valence-corrected chi connectivity index (χ0v) is 18.5. The molecule has 166 valence electrons. The van der Waals surface area contributed by atoms with Crippen LogP contribution in [0, 0.1) is 6.92 Å². The molecule has 0 aliphatic carbocycles. The first-order chi connectivity index (χ1) is 16.2. The van der Waals surface area contributed by atoms with Gasteiger partial charge in [-0.25, -0.2) is 19.3 Å². The summed E-state index contributed by atoms with van der Waals surface area (Å²) in [6.07, 6.45) is 3.62. The normalized spacial score (nSPS) is 11.3. The van der Waals surface area contributed by atoms with Gasteiger partial charge in [-0.3, -0.25) is 0 Å². The van der Waals surface area contributed by atoms with E-state index >= 15 is 0 Å². The van der Waals surface area contributed by atoms with Crippen molar-refractivity contribution in [3.63, 3.8) is 0 Å². The van der Waals surface area contributed by atoms with Gasteiger partial charge in [0.05, 0.1) is 0 Å². The summed E-state index contributed by atoms with van der Waals surface area (Å²) < 4.78 is 1.56. The molecule has 5 aromatic rings. The van der Waals surface area contributed by atoms with Crippen molar-refractivity contribution < 1.29 is 0 Å². The standard InChI is InChI=1S/C24H24N8O/c1-3-4-9-21-20(23-28-29-24(33)32(23)15(2)25-21)14-16-10-12-17(13-11-16)18-7-5-6-8-19(18)22-26-30-31-27-22/h5-8,10-13H,3-4,9,14H2,1-2H3,(H,29,33)(H,26,27,30,31). The zero-order chi connectivity index (χ0) is 22.8. The number of nitrogens with one attached hydrogen (secondary N) is 2. The van der Waals surface area contributed by atoms with E-state index in [2.05, 4.69) is 62.0 Å². The van der Waals surface area contributed by atoms with Gasteiger partial charge in [0.25, 0.3) is 0 Å². The molecule has 3 aromatic heterocycles. The van der Waals surface area contributed by atoms with E-state index in [1.54, 1.807) is 4.40 Å². The fourth-order valence-corrected chi connectivity index (χ4v) is 4.19. The number of aryl methyl sites for hydroxylation is 2. The van der Waals surface area contributed by atoms with E-state index in [0.29, 0.717) is 23.7 Å². The highest BCUT2D eigenvalue weighted by molar-refractivity contribution is 5.80. The molecule has 3 heterocycles. The molecule has 2 aromatic carbocycles. The molecule has 0 spiro atoms. The van der Waals surface area contributed by atoms with Gasteiger partial charge in [-0.05, 0) is 41.7 Å². The first kappa shape index (κ1) is 20.7. The van der Waals surface area contributed by atoms with Gasteiger partial charge >= 0.3 is 5.69 Å². The summed E-state index contributed by atoms with van der Waals surface area (Å²) in [6, 6.07) is 16.4. The Morgan fingerprint density at radius 1 is 1.00 bits per heavy atom. The van der Waals surface area contributed by atoms with E-state index in [4.69, 9.17) is 4.98 Å². The third kappa shape index (κ3) is 3.93. The third-order valence-electron chi connectivity index (χ3n) is 5.84. The Balaban J connectivity index is 1.51. The largest absolute Gasteiger partial charge is 0.349 e. The summed E-state index contributed by atoms with van der Waals surface area (Å²) in [7, 11) is 0. The minimum atomic E-state index is -0.258. The Morgan fingerprint density at radius 3 is 2.52 bits per heavy atom. The summed E-state index contributed by atoms with van der Waals surface area (Å²) in [5.74, 6) is 1.22. The highest BCUT2D eigenvalue weighted by atomic mass is 16.1. The Labute approximate surface area is 189 Å². The first-order valence-electron chi connectivity index (χ1n) is 11.0. The number of fused-ring (bicyclic) bond motifs is 1. The van der Waals surface area contributed by atoms with Crippen LogP contribution in [0.5, 0.6) is 0 Å². The number of benzene rings is 2. The Kier molecular flexibility index (Phi) is 5.52. The summed E-state index contributed by atoms with van der Waals surface area (Å²) >= 11 is 0. The van der Waals surface area contributed by atoms with E-state index in [1.165, 1.54) is 0 Å². The SMILES string of the molecule is CCCCc1nc(C)n2c(=O)[nH]nc2c1Cc1ccc(-c2ccccc2-c2nn[nH]n2)cc1. The maximum Gasteiger partial charge on any atom is 0.349 e. The van der Waals surface area contributed by atoms with Crippen LogP contribution in [-0.4, -0.2) is 40.2 Å². The fraction of sp³-hybridized carbons (Fsp3) is 0.250. The Hall–Kier alpha value is -4.14. The van der Waals surface area contributed by atoms with Crippen molar-refractivity contribution in [3.05, 3.63) is 81.7 Å². The predicted octanol–water partition coefficient (Wildman–Crippen LogP) is 3.51. The summed E-state index contributed by atoms with van der Waals surface area (Å²) in [4.78, 5) is 17.0. The van der Waals surface area contributed by atoms with Crippen molar-refractivity contribution in [2.45, 2.75) is 39.5 Å². The van der Waals surface area contributed by atoms with Crippen LogP contribution in [0.15, 0.2) is 53.3 Å². The molecule has 0 aliphatic rings. The van der Waals surface area contributed by atoms with E-state index in [-0.39, 0.29) is 5.69 Å². The van der Waals surface area contributed by atoms with Crippen LogP contribution < -0.4 is 5.69 Å². The van der Waals surface area contributed by atoms with Gasteiger partial charge in [-0.1, -0.05) is 61.9 Å². The fourth-order valence-electron chi connectivity index (χ4n) is 4.19. The van der Waals surface area contributed by atoms with Crippen LogP contribution in [0.25, 0.3) is 28.2 Å². The molecule has 33 heavy (non-hydrogen) atoms. The molecule has 5 rings (SSSR count). The van der Waals surface area contributed by atoms with Crippen LogP contribution in [0.3, 0.4) is 0 Å². The van der Waals surface area contributed by atoms with Gasteiger partial charge in [0.15, 0.2) is 5.65 Å². The number of unbranched alkanes of at least 4 members (excludes halogenated alkanes) is 1. The van der Waals surface area contributed by atoms with Gasteiger partial charge in [-0.2, -0.15) is 10.3 Å². The van der Waals surface area contributed by atoms with Crippen LogP contribution in [0.1, 0.15) is 42.4 Å². The lowest BCUT2D eigenvalue weighted by atomic mass is 9.96. The molecule has 0 saturated heterocycles. The lowest BCUT2D eigenvalue weighted by molar-refractivity contribution is 0.753. The highest BCUT2D eigenvalue weighted by Gasteiger charge is 2.17. The predicted molar refractivity (Wildman–Crippen MR) is 125 cm³/mol. The summed E-state index contributed by atoms with van der Waals surface area (Å²) in [5.41, 5.74) is 6.54. The molecule has 0 aliphatic heterocycles. The third-order valence-corrected chi connectivity index (χ3v) is 5.84. The van der Waals surface area contributed by atoms with Crippen molar-refractivity contribution in [1.29, 1.82) is 0 Å². The van der Waals surface area contributed by atoms with Crippen molar-refractivity contribution in [2.75, 3.05) is 0 Å².